The summed E-state index contributed by atoms with van der Waals surface area (Å²) in [6, 6.07) is 0. The van der Waals surface area contributed by atoms with E-state index < -0.39 is 7.26 Å². The molecule has 0 atom stereocenters. The molecule has 0 aromatic carbocycles. The highest BCUT2D eigenvalue weighted by Gasteiger charge is 2.57. The van der Waals surface area contributed by atoms with Crippen LogP contribution in [-0.2, 0) is 0 Å². The molecule has 1 heterocycles. The van der Waals surface area contributed by atoms with Crippen LogP contribution in [-0.4, -0.2) is 22.6 Å². The first-order chi connectivity index (χ1) is 6.60. The molecule has 0 bridgehead atoms. The summed E-state index contributed by atoms with van der Waals surface area (Å²) in [5, 5.41) is 1.09. The third-order valence-electron chi connectivity index (χ3n) is 4.58. The van der Waals surface area contributed by atoms with Crippen LogP contribution in [0.4, 0.5) is 0 Å². The van der Waals surface area contributed by atoms with Crippen molar-refractivity contribution in [2.45, 2.75) is 71.6 Å². The van der Waals surface area contributed by atoms with Gasteiger partial charge >= 0.3 is 0 Å². The van der Waals surface area contributed by atoms with Crippen molar-refractivity contribution in [3.8, 4) is 0 Å². The van der Waals surface area contributed by atoms with Gasteiger partial charge in [0.1, 0.15) is 0 Å². The van der Waals surface area contributed by atoms with Crippen molar-refractivity contribution in [3.05, 3.63) is 0 Å². The average Bonchev–Trinajstić information content (AvgIpc) is 2.00. The molecule has 0 spiro atoms. The predicted octanol–water partition coefficient (Wildman–Crippen LogP) is 5.03. The van der Waals surface area contributed by atoms with Crippen LogP contribution >= 0.6 is 7.26 Å². The van der Waals surface area contributed by atoms with Gasteiger partial charge < -0.3 is 0 Å². The zero-order chi connectivity index (χ0) is 11.9. The van der Waals surface area contributed by atoms with E-state index in [4.69, 9.17) is 0 Å². The lowest BCUT2D eigenvalue weighted by Gasteiger charge is -2.50. The van der Waals surface area contributed by atoms with E-state index in [0.717, 1.165) is 5.92 Å². The normalized spacial score (nSPS) is 24.2. The van der Waals surface area contributed by atoms with Gasteiger partial charge in [-0.25, -0.2) is 0 Å². The Balaban J connectivity index is 2.99. The van der Waals surface area contributed by atoms with Gasteiger partial charge in [-0.15, -0.1) is 0 Å². The second-order valence-corrected chi connectivity index (χ2v) is 13.0. The van der Waals surface area contributed by atoms with E-state index in [1.807, 2.05) is 0 Å². The Morgan fingerprint density at radius 1 is 0.800 bits per heavy atom. The summed E-state index contributed by atoms with van der Waals surface area (Å²) in [7, 11) is -0.795. The van der Waals surface area contributed by atoms with Crippen LogP contribution in [0, 0.1) is 5.92 Å². The van der Waals surface area contributed by atoms with E-state index in [1.54, 1.807) is 0 Å². The van der Waals surface area contributed by atoms with Crippen LogP contribution in [0.2, 0.25) is 0 Å². The van der Waals surface area contributed by atoms with E-state index in [0.29, 0.717) is 10.3 Å². The van der Waals surface area contributed by atoms with Crippen LogP contribution in [0.3, 0.4) is 0 Å². The zero-order valence-electron chi connectivity index (χ0n) is 11.9. The molecule has 90 valence electrons. The zero-order valence-corrected chi connectivity index (χ0v) is 12.7. The fraction of sp³-hybridized carbons (Fsp3) is 1.00. The van der Waals surface area contributed by atoms with Crippen molar-refractivity contribution < 1.29 is 0 Å². The van der Waals surface area contributed by atoms with Crippen molar-refractivity contribution >= 4 is 7.26 Å². The van der Waals surface area contributed by atoms with Crippen molar-refractivity contribution in [1.29, 1.82) is 0 Å². The standard InChI is InChI=1S/C14H30P/c1-12-8-10-15(11-9-12,13(2,3)4)14(5,6)7/h12H,8-11H2,1-7H3/q+1. The van der Waals surface area contributed by atoms with Crippen molar-refractivity contribution in [2.24, 2.45) is 5.92 Å². The Bertz CT molecular complexity index is 192. The highest BCUT2D eigenvalue weighted by Crippen LogP contribution is 2.78. The molecule has 0 saturated carbocycles. The van der Waals surface area contributed by atoms with Crippen molar-refractivity contribution in [1.82, 2.24) is 0 Å². The van der Waals surface area contributed by atoms with Gasteiger partial charge in [-0.05, 0) is 60.3 Å². The topological polar surface area (TPSA) is 0 Å². The maximum absolute atomic E-state index is 2.49. The Morgan fingerprint density at radius 2 is 1.13 bits per heavy atom. The fourth-order valence-electron chi connectivity index (χ4n) is 3.49. The van der Waals surface area contributed by atoms with Gasteiger partial charge in [-0.1, -0.05) is 6.92 Å². The molecule has 0 N–H and O–H groups in total. The molecule has 0 unspecified atom stereocenters. The minimum absolute atomic E-state index is 0.547. The quantitative estimate of drug-likeness (QED) is 0.511. The maximum atomic E-state index is 2.49. The lowest BCUT2D eigenvalue weighted by atomic mass is 10.1. The van der Waals surface area contributed by atoms with E-state index in [1.165, 1.54) is 25.2 Å². The van der Waals surface area contributed by atoms with Crippen molar-refractivity contribution in [3.63, 3.8) is 0 Å². The molecule has 1 fully saturated rings. The Hall–Kier alpha value is 0.430. The minimum atomic E-state index is -0.795. The van der Waals surface area contributed by atoms with Gasteiger partial charge in [0, 0.05) is 7.26 Å². The molecule has 0 radical (unpaired) electrons. The highest BCUT2D eigenvalue weighted by molar-refractivity contribution is 7.78. The van der Waals surface area contributed by atoms with Crippen LogP contribution in [0.1, 0.15) is 61.3 Å². The van der Waals surface area contributed by atoms with Crippen LogP contribution in [0.25, 0.3) is 0 Å². The molecule has 0 nitrogen and oxygen atoms in total. The van der Waals surface area contributed by atoms with Gasteiger partial charge in [-0.2, -0.15) is 0 Å². The monoisotopic (exact) mass is 229 g/mol. The van der Waals surface area contributed by atoms with Gasteiger partial charge in [-0.3, -0.25) is 0 Å². The van der Waals surface area contributed by atoms with Crippen LogP contribution < -0.4 is 0 Å². The molecule has 1 rings (SSSR count). The third kappa shape index (κ3) is 2.41. The van der Waals surface area contributed by atoms with E-state index in [-0.39, 0.29) is 0 Å². The summed E-state index contributed by atoms with van der Waals surface area (Å²) < 4.78 is 0. The number of hydrogen-bond donors (Lipinski definition) is 0. The lowest BCUT2D eigenvalue weighted by molar-refractivity contribution is 0.509. The van der Waals surface area contributed by atoms with E-state index >= 15 is 0 Å². The number of hydrogen-bond acceptors (Lipinski definition) is 0. The molecular formula is C14H30P+. The lowest BCUT2D eigenvalue weighted by Crippen LogP contribution is -2.40. The Kier molecular flexibility index (Phi) is 3.62. The maximum Gasteiger partial charge on any atom is 0.0720 e. The fourth-order valence-corrected chi connectivity index (χ4v) is 10.2. The summed E-state index contributed by atoms with van der Waals surface area (Å²) in [5.41, 5.74) is 0. The van der Waals surface area contributed by atoms with Gasteiger partial charge in [0.05, 0.1) is 22.6 Å². The first-order valence-electron chi connectivity index (χ1n) is 6.47. The Labute approximate surface area is 97.6 Å². The summed E-state index contributed by atoms with van der Waals surface area (Å²) >= 11 is 0. The highest BCUT2D eigenvalue weighted by atomic mass is 31.2. The third-order valence-corrected chi connectivity index (χ3v) is 11.8. The molecule has 1 saturated heterocycles. The molecule has 0 amide bonds. The summed E-state index contributed by atoms with van der Waals surface area (Å²) in [4.78, 5) is 0. The van der Waals surface area contributed by atoms with Crippen LogP contribution in [0.5, 0.6) is 0 Å². The minimum Gasteiger partial charge on any atom is -0.0622 e. The van der Waals surface area contributed by atoms with Gasteiger partial charge in [0.25, 0.3) is 0 Å². The Morgan fingerprint density at radius 3 is 1.40 bits per heavy atom. The molecule has 0 aromatic rings. The number of rotatable bonds is 0. The van der Waals surface area contributed by atoms with Gasteiger partial charge in [0.15, 0.2) is 0 Å². The summed E-state index contributed by atoms with van der Waals surface area (Å²) in [5.74, 6) is 0.975. The summed E-state index contributed by atoms with van der Waals surface area (Å²) in [6.07, 6.45) is 6.01. The molecule has 0 aromatic heterocycles. The molecule has 1 aliphatic rings. The molecular weight excluding hydrogens is 199 g/mol. The van der Waals surface area contributed by atoms with E-state index in [2.05, 4.69) is 48.5 Å². The summed E-state index contributed by atoms with van der Waals surface area (Å²) in [6.45, 7) is 17.4. The van der Waals surface area contributed by atoms with Gasteiger partial charge in [0.2, 0.25) is 0 Å². The second kappa shape index (κ2) is 4.02. The molecule has 0 aliphatic carbocycles. The van der Waals surface area contributed by atoms with E-state index in [9.17, 15) is 0 Å². The molecule has 15 heavy (non-hydrogen) atoms. The first-order valence-corrected chi connectivity index (χ1v) is 8.63. The smallest absolute Gasteiger partial charge is 0.0622 e. The average molecular weight is 229 g/mol. The molecule has 1 aliphatic heterocycles. The van der Waals surface area contributed by atoms with Crippen molar-refractivity contribution in [2.75, 3.05) is 12.3 Å². The molecule has 1 heteroatoms. The van der Waals surface area contributed by atoms with Crippen LogP contribution in [0.15, 0.2) is 0 Å². The largest absolute Gasteiger partial charge is 0.0720 e. The predicted molar refractivity (Wildman–Crippen MR) is 74.6 cm³/mol. The second-order valence-electron chi connectivity index (χ2n) is 7.44. The SMILES string of the molecule is CC1CC[P+](C(C)(C)C)(C(C)(C)C)CC1. The first kappa shape index (κ1) is 13.5.